The fourth-order valence-corrected chi connectivity index (χ4v) is 3.46. The standard InChI is InChI=1S/C23H19F3N2O5/c1-2-3-5-14-6-4-7-15(10-14)12-33-22(32)28-18-9-8-16(23(24,25)26)11-17(18)19(27-13-29)20(28)21(30)31/h4,6-11H,2-3,5,12H2,1H3,(H,30,31). The molecule has 0 bridgehead atoms. The third-order valence-electron chi connectivity index (χ3n) is 4.98. The molecule has 0 radical (unpaired) electrons. The van der Waals surface area contributed by atoms with E-state index in [0.717, 1.165) is 37.0 Å². The molecule has 172 valence electrons. The maximum atomic E-state index is 13.2. The predicted octanol–water partition coefficient (Wildman–Crippen LogP) is 5.85. The minimum atomic E-state index is -4.73. The number of alkyl halides is 3. The van der Waals surface area contributed by atoms with Gasteiger partial charge in [0.15, 0.2) is 5.69 Å². The molecule has 1 heterocycles. The summed E-state index contributed by atoms with van der Waals surface area (Å²) < 4.78 is 45.3. The Morgan fingerprint density at radius 3 is 2.52 bits per heavy atom. The van der Waals surface area contributed by atoms with Gasteiger partial charge in [0.1, 0.15) is 12.3 Å². The predicted molar refractivity (Wildman–Crippen MR) is 112 cm³/mol. The highest BCUT2D eigenvalue weighted by molar-refractivity contribution is 6.10. The molecular weight excluding hydrogens is 441 g/mol. The number of hydrogen-bond donors (Lipinski definition) is 1. The summed E-state index contributed by atoms with van der Waals surface area (Å²) in [7, 11) is 0. The van der Waals surface area contributed by atoms with E-state index in [1.54, 1.807) is 12.1 Å². The first-order valence-corrected chi connectivity index (χ1v) is 9.99. The number of hydrogen-bond acceptors (Lipinski definition) is 5. The summed E-state index contributed by atoms with van der Waals surface area (Å²) in [4.78, 5) is 38.8. The van der Waals surface area contributed by atoms with Gasteiger partial charge >= 0.3 is 18.2 Å². The summed E-state index contributed by atoms with van der Waals surface area (Å²) in [5, 5.41) is 9.27. The van der Waals surface area contributed by atoms with Crippen molar-refractivity contribution in [3.05, 3.63) is 64.8 Å². The molecule has 3 rings (SSSR count). The molecular formula is C23H19F3N2O5. The first-order valence-electron chi connectivity index (χ1n) is 9.99. The Hall–Kier alpha value is -3.91. The molecule has 0 amide bonds. The molecule has 0 aliphatic rings. The van der Waals surface area contributed by atoms with E-state index in [-0.39, 0.29) is 17.5 Å². The van der Waals surface area contributed by atoms with Crippen molar-refractivity contribution in [3.8, 4) is 0 Å². The van der Waals surface area contributed by atoms with Gasteiger partial charge in [-0.25, -0.2) is 19.0 Å². The van der Waals surface area contributed by atoms with Gasteiger partial charge in [-0.1, -0.05) is 37.6 Å². The summed E-state index contributed by atoms with van der Waals surface area (Å²) >= 11 is 0. The molecule has 2 aromatic carbocycles. The van der Waals surface area contributed by atoms with Crippen molar-refractivity contribution in [3.63, 3.8) is 0 Å². The quantitative estimate of drug-likeness (QED) is 0.352. The van der Waals surface area contributed by atoms with Crippen LogP contribution in [-0.2, 0) is 28.7 Å². The second kappa shape index (κ2) is 9.70. The minimum absolute atomic E-state index is 0.190. The third-order valence-corrected chi connectivity index (χ3v) is 4.98. The Morgan fingerprint density at radius 1 is 1.15 bits per heavy atom. The van der Waals surface area contributed by atoms with Crippen LogP contribution in [0.15, 0.2) is 47.5 Å². The van der Waals surface area contributed by atoms with Gasteiger partial charge in [0, 0.05) is 5.39 Å². The number of nitrogens with zero attached hydrogens (tertiary/aromatic N) is 2. The van der Waals surface area contributed by atoms with Crippen LogP contribution < -0.4 is 0 Å². The molecule has 0 unspecified atom stereocenters. The number of fused-ring (bicyclic) bond motifs is 1. The molecule has 3 aromatic rings. The van der Waals surface area contributed by atoms with Gasteiger partial charge in [-0.2, -0.15) is 18.2 Å². The summed E-state index contributed by atoms with van der Waals surface area (Å²) in [6, 6.07) is 9.57. The van der Waals surface area contributed by atoms with Crippen LogP contribution in [0.25, 0.3) is 10.9 Å². The fraction of sp³-hybridized carbons (Fsp3) is 0.261. The molecule has 1 aromatic heterocycles. The van der Waals surface area contributed by atoms with Gasteiger partial charge in [0.2, 0.25) is 6.08 Å². The number of carbonyl (C=O) groups is 2. The van der Waals surface area contributed by atoms with Crippen molar-refractivity contribution >= 4 is 34.7 Å². The average molecular weight is 460 g/mol. The topological polar surface area (TPSA) is 98.0 Å². The maximum absolute atomic E-state index is 13.2. The Labute approximate surface area is 186 Å². The third kappa shape index (κ3) is 5.12. The number of benzene rings is 2. The van der Waals surface area contributed by atoms with E-state index in [4.69, 9.17) is 4.74 Å². The Kier molecular flexibility index (Phi) is 6.98. The zero-order valence-corrected chi connectivity index (χ0v) is 17.5. The minimum Gasteiger partial charge on any atom is -0.476 e. The highest BCUT2D eigenvalue weighted by Crippen LogP contribution is 2.38. The lowest BCUT2D eigenvalue weighted by molar-refractivity contribution is -0.137. The average Bonchev–Trinajstić information content (AvgIpc) is 3.10. The van der Waals surface area contributed by atoms with Gasteiger partial charge < -0.3 is 9.84 Å². The van der Waals surface area contributed by atoms with Crippen LogP contribution in [0.1, 0.15) is 46.9 Å². The number of carboxylic acids is 1. The van der Waals surface area contributed by atoms with E-state index >= 15 is 0 Å². The molecule has 1 N–H and O–H groups in total. The van der Waals surface area contributed by atoms with Crippen LogP contribution in [0.2, 0.25) is 0 Å². The maximum Gasteiger partial charge on any atom is 0.419 e. The summed E-state index contributed by atoms with van der Waals surface area (Å²) in [5.41, 5.74) is -0.993. The van der Waals surface area contributed by atoms with Crippen molar-refractivity contribution in [1.82, 2.24) is 4.57 Å². The Bertz CT molecular complexity index is 1260. The van der Waals surface area contributed by atoms with Gasteiger partial charge in [-0.05, 0) is 42.2 Å². The molecule has 0 aliphatic heterocycles. The number of halogens is 3. The van der Waals surface area contributed by atoms with E-state index in [2.05, 4.69) is 11.9 Å². The monoisotopic (exact) mass is 460 g/mol. The van der Waals surface area contributed by atoms with E-state index in [1.165, 1.54) is 0 Å². The fourth-order valence-electron chi connectivity index (χ4n) is 3.46. The van der Waals surface area contributed by atoms with Crippen LogP contribution in [-0.4, -0.2) is 27.8 Å². The lowest BCUT2D eigenvalue weighted by atomic mass is 10.1. The lowest BCUT2D eigenvalue weighted by Crippen LogP contribution is -2.19. The summed E-state index contributed by atoms with van der Waals surface area (Å²) in [6.45, 7) is 1.87. The number of rotatable bonds is 7. The summed E-state index contributed by atoms with van der Waals surface area (Å²) in [5.74, 6) is -1.67. The van der Waals surface area contributed by atoms with Crippen LogP contribution in [0.4, 0.5) is 23.7 Å². The first-order chi connectivity index (χ1) is 15.7. The normalized spacial score (nSPS) is 11.3. The Balaban J connectivity index is 2.02. The molecule has 7 nitrogen and oxygen atoms in total. The van der Waals surface area contributed by atoms with Gasteiger partial charge in [-0.3, -0.25) is 0 Å². The number of aromatic nitrogens is 1. The zero-order chi connectivity index (χ0) is 24.2. The van der Waals surface area contributed by atoms with Gasteiger partial charge in [-0.15, -0.1) is 0 Å². The second-order valence-corrected chi connectivity index (χ2v) is 7.25. The number of aromatic carboxylic acids is 1. The molecule has 33 heavy (non-hydrogen) atoms. The number of ether oxygens (including phenoxy) is 1. The van der Waals surface area contributed by atoms with Crippen LogP contribution in [0, 0.1) is 0 Å². The highest BCUT2D eigenvalue weighted by atomic mass is 19.4. The van der Waals surface area contributed by atoms with Crippen molar-refractivity contribution in [2.45, 2.75) is 39.0 Å². The molecule has 0 aliphatic carbocycles. The smallest absolute Gasteiger partial charge is 0.419 e. The lowest BCUT2D eigenvalue weighted by Gasteiger charge is -2.10. The number of aliphatic imine (C=N–C) groups is 1. The molecule has 0 saturated carbocycles. The number of carboxylic acid groups (broad SMARTS) is 1. The SMILES string of the molecule is CCCCc1cccc(COC(=O)n2c(C(=O)O)c(N=C=O)c3cc(C(F)(F)F)ccc32)c1. The largest absolute Gasteiger partial charge is 0.476 e. The van der Waals surface area contributed by atoms with Gasteiger partial charge in [0.25, 0.3) is 0 Å². The number of aryl methyl sites for hydroxylation is 1. The van der Waals surface area contributed by atoms with Crippen molar-refractivity contribution in [2.24, 2.45) is 4.99 Å². The van der Waals surface area contributed by atoms with Crippen LogP contribution >= 0.6 is 0 Å². The van der Waals surface area contributed by atoms with Crippen molar-refractivity contribution in [1.29, 1.82) is 0 Å². The molecule has 0 atom stereocenters. The molecule has 0 spiro atoms. The zero-order valence-electron chi connectivity index (χ0n) is 17.5. The van der Waals surface area contributed by atoms with E-state index in [1.807, 2.05) is 12.1 Å². The van der Waals surface area contributed by atoms with Crippen molar-refractivity contribution < 1.29 is 37.4 Å². The number of carbonyl (C=O) groups excluding carboxylic acids is 2. The van der Waals surface area contributed by atoms with Crippen molar-refractivity contribution in [2.75, 3.05) is 0 Å². The first kappa shape index (κ1) is 23.7. The molecule has 0 saturated heterocycles. The van der Waals surface area contributed by atoms with Gasteiger partial charge in [0.05, 0.1) is 11.1 Å². The van der Waals surface area contributed by atoms with Crippen LogP contribution in [0.3, 0.4) is 0 Å². The van der Waals surface area contributed by atoms with Crippen LogP contribution in [0.5, 0.6) is 0 Å². The number of isocyanates is 1. The Morgan fingerprint density at radius 2 is 1.88 bits per heavy atom. The highest BCUT2D eigenvalue weighted by Gasteiger charge is 2.33. The van der Waals surface area contributed by atoms with E-state index in [0.29, 0.717) is 22.3 Å². The van der Waals surface area contributed by atoms with E-state index in [9.17, 15) is 32.7 Å². The second-order valence-electron chi connectivity index (χ2n) is 7.25. The van der Waals surface area contributed by atoms with E-state index < -0.39 is 35.2 Å². The summed E-state index contributed by atoms with van der Waals surface area (Å²) in [6.07, 6.45) is -1.89. The molecule has 10 heteroatoms. The number of unbranched alkanes of at least 4 members (excludes halogenated alkanes) is 1. The molecule has 0 fully saturated rings.